The van der Waals surface area contributed by atoms with Gasteiger partial charge in [0.25, 0.3) is 10.0 Å². The highest BCUT2D eigenvalue weighted by atomic mass is 127. The van der Waals surface area contributed by atoms with Gasteiger partial charge in [0.1, 0.15) is 18.4 Å². The summed E-state index contributed by atoms with van der Waals surface area (Å²) in [4.78, 5) is 27.8. The topological polar surface area (TPSA) is 86.8 Å². The Morgan fingerprint density at radius 2 is 1.51 bits per heavy atom. The number of anilines is 1. The second-order valence-electron chi connectivity index (χ2n) is 8.75. The molecule has 10 heteroatoms. The number of amides is 2. The molecular weight excluding hydrogens is 608 g/mol. The molecule has 0 heterocycles. The molecule has 0 bridgehead atoms. The smallest absolute Gasteiger partial charge is 0.264 e. The van der Waals surface area contributed by atoms with E-state index in [1.165, 1.54) is 42.2 Å². The molecular formula is C27H29FIN3O4S. The first-order valence-electron chi connectivity index (χ1n) is 11.7. The van der Waals surface area contributed by atoms with Crippen molar-refractivity contribution in [2.24, 2.45) is 0 Å². The summed E-state index contributed by atoms with van der Waals surface area (Å²) in [7, 11) is -4.13. The molecule has 1 N–H and O–H groups in total. The Morgan fingerprint density at radius 1 is 0.919 bits per heavy atom. The molecule has 0 radical (unpaired) electrons. The van der Waals surface area contributed by atoms with Gasteiger partial charge in [-0.15, -0.1) is 0 Å². The number of hydrogen-bond donors (Lipinski definition) is 1. The molecule has 0 saturated heterocycles. The van der Waals surface area contributed by atoms with E-state index in [9.17, 15) is 22.4 Å². The van der Waals surface area contributed by atoms with Crippen molar-refractivity contribution in [3.05, 3.63) is 93.8 Å². The zero-order chi connectivity index (χ0) is 27.2. The van der Waals surface area contributed by atoms with E-state index in [2.05, 4.69) is 27.9 Å². The highest BCUT2D eigenvalue weighted by molar-refractivity contribution is 14.1. The number of halogens is 2. The molecule has 3 rings (SSSR count). The Hall–Kier alpha value is -2.99. The Labute approximate surface area is 230 Å². The normalized spacial score (nSPS) is 12.2. The van der Waals surface area contributed by atoms with E-state index in [0.29, 0.717) is 5.69 Å². The number of benzene rings is 3. The van der Waals surface area contributed by atoms with E-state index in [-0.39, 0.29) is 23.0 Å². The number of nitrogens with zero attached hydrogens (tertiary/aromatic N) is 2. The second-order valence-corrected chi connectivity index (χ2v) is 11.9. The standard InChI is InChI=1S/C27H29FIN3O4S/c1-19(2)30-27(34)20(3)31(17-21-9-7-8-12-25(21)28)26(33)18-32(23-15-13-22(29)14-16-23)37(35,36)24-10-5-4-6-11-24/h4-16,19-20H,17-18H2,1-3H3,(H,30,34). The summed E-state index contributed by atoms with van der Waals surface area (Å²) in [6.45, 7) is 4.34. The molecule has 1 unspecified atom stereocenters. The lowest BCUT2D eigenvalue weighted by atomic mass is 10.1. The zero-order valence-electron chi connectivity index (χ0n) is 20.8. The van der Waals surface area contributed by atoms with Crippen molar-refractivity contribution < 1.29 is 22.4 Å². The van der Waals surface area contributed by atoms with Crippen LogP contribution in [-0.2, 0) is 26.2 Å². The first-order chi connectivity index (χ1) is 17.5. The molecule has 3 aromatic rings. The summed E-state index contributed by atoms with van der Waals surface area (Å²) >= 11 is 2.11. The molecule has 196 valence electrons. The summed E-state index contributed by atoms with van der Waals surface area (Å²) < 4.78 is 43.7. The summed E-state index contributed by atoms with van der Waals surface area (Å²) in [5, 5.41) is 2.77. The molecule has 0 aromatic heterocycles. The minimum Gasteiger partial charge on any atom is -0.352 e. The van der Waals surface area contributed by atoms with Crippen LogP contribution in [0.3, 0.4) is 0 Å². The lowest BCUT2D eigenvalue weighted by Gasteiger charge is -2.32. The predicted octanol–water partition coefficient (Wildman–Crippen LogP) is 4.57. The molecule has 0 saturated carbocycles. The van der Waals surface area contributed by atoms with Gasteiger partial charge in [0.05, 0.1) is 10.6 Å². The first-order valence-corrected chi connectivity index (χ1v) is 14.2. The fraction of sp³-hybridized carbons (Fsp3) is 0.259. The maximum atomic E-state index is 14.5. The van der Waals surface area contributed by atoms with Gasteiger partial charge in [-0.3, -0.25) is 13.9 Å². The lowest BCUT2D eigenvalue weighted by molar-refractivity contribution is -0.139. The Morgan fingerprint density at radius 3 is 2.11 bits per heavy atom. The molecule has 7 nitrogen and oxygen atoms in total. The summed E-state index contributed by atoms with van der Waals surface area (Å²) in [5.74, 6) is -1.60. The van der Waals surface area contributed by atoms with Crippen LogP contribution in [-0.4, -0.2) is 43.8 Å². The molecule has 37 heavy (non-hydrogen) atoms. The van der Waals surface area contributed by atoms with Crippen LogP contribution >= 0.6 is 22.6 Å². The van der Waals surface area contributed by atoms with Gasteiger partial charge in [0, 0.05) is 21.7 Å². The molecule has 0 spiro atoms. The quantitative estimate of drug-likeness (QED) is 0.331. The van der Waals surface area contributed by atoms with Gasteiger partial charge < -0.3 is 10.2 Å². The first kappa shape index (κ1) is 28.6. The molecule has 0 aliphatic heterocycles. The van der Waals surface area contributed by atoms with Gasteiger partial charge in [-0.25, -0.2) is 12.8 Å². The van der Waals surface area contributed by atoms with E-state index in [4.69, 9.17) is 0 Å². The number of carbonyl (C=O) groups is 2. The molecule has 2 amide bonds. The fourth-order valence-electron chi connectivity index (χ4n) is 3.65. The Bertz CT molecular complexity index is 1340. The van der Waals surface area contributed by atoms with Crippen molar-refractivity contribution in [3.63, 3.8) is 0 Å². The van der Waals surface area contributed by atoms with E-state index >= 15 is 0 Å². The van der Waals surface area contributed by atoms with E-state index < -0.39 is 40.2 Å². The van der Waals surface area contributed by atoms with Gasteiger partial charge in [-0.2, -0.15) is 0 Å². The molecule has 3 aromatic carbocycles. The van der Waals surface area contributed by atoms with Crippen LogP contribution in [0.2, 0.25) is 0 Å². The van der Waals surface area contributed by atoms with Gasteiger partial charge >= 0.3 is 0 Å². The third-order valence-corrected chi connectivity index (χ3v) is 8.13. The van der Waals surface area contributed by atoms with Crippen molar-refractivity contribution in [1.82, 2.24) is 10.2 Å². The lowest BCUT2D eigenvalue weighted by Crippen LogP contribution is -2.52. The van der Waals surface area contributed by atoms with Gasteiger partial charge in [-0.1, -0.05) is 36.4 Å². The van der Waals surface area contributed by atoms with Crippen molar-refractivity contribution >= 4 is 50.1 Å². The average molecular weight is 638 g/mol. The third-order valence-electron chi connectivity index (χ3n) is 5.62. The molecule has 1 atom stereocenters. The van der Waals surface area contributed by atoms with Crippen molar-refractivity contribution in [2.45, 2.75) is 44.3 Å². The summed E-state index contributed by atoms with van der Waals surface area (Å²) in [6, 6.07) is 19.3. The van der Waals surface area contributed by atoms with Crippen LogP contribution in [0, 0.1) is 9.39 Å². The average Bonchev–Trinajstić information content (AvgIpc) is 2.87. The molecule has 0 aliphatic carbocycles. The maximum Gasteiger partial charge on any atom is 0.264 e. The minimum atomic E-state index is -4.13. The molecule has 0 fully saturated rings. The fourth-order valence-corrected chi connectivity index (χ4v) is 5.45. The Kier molecular flexibility index (Phi) is 9.66. The summed E-state index contributed by atoms with van der Waals surface area (Å²) in [6.07, 6.45) is 0. The van der Waals surface area contributed by atoms with Crippen molar-refractivity contribution in [1.29, 1.82) is 0 Å². The summed E-state index contributed by atoms with van der Waals surface area (Å²) in [5.41, 5.74) is 0.509. The molecule has 0 aliphatic rings. The van der Waals surface area contributed by atoms with Crippen molar-refractivity contribution in [3.8, 4) is 0 Å². The second kappa shape index (κ2) is 12.5. The van der Waals surface area contributed by atoms with Crippen LogP contribution in [0.1, 0.15) is 26.3 Å². The van der Waals surface area contributed by atoms with Crippen LogP contribution in [0.25, 0.3) is 0 Å². The van der Waals surface area contributed by atoms with Gasteiger partial charge in [-0.05, 0) is 85.8 Å². The monoisotopic (exact) mass is 637 g/mol. The van der Waals surface area contributed by atoms with Gasteiger partial charge in [0.2, 0.25) is 11.8 Å². The van der Waals surface area contributed by atoms with Crippen LogP contribution in [0.4, 0.5) is 10.1 Å². The number of nitrogens with one attached hydrogen (secondary N) is 1. The van der Waals surface area contributed by atoms with Crippen molar-refractivity contribution in [2.75, 3.05) is 10.8 Å². The van der Waals surface area contributed by atoms with Crippen LogP contribution < -0.4 is 9.62 Å². The number of hydrogen-bond acceptors (Lipinski definition) is 4. The highest BCUT2D eigenvalue weighted by Gasteiger charge is 2.33. The number of sulfonamides is 1. The van der Waals surface area contributed by atoms with Crippen LogP contribution in [0.5, 0.6) is 0 Å². The van der Waals surface area contributed by atoms with E-state index in [1.807, 2.05) is 0 Å². The number of rotatable bonds is 10. The number of carbonyl (C=O) groups excluding carboxylic acids is 2. The zero-order valence-corrected chi connectivity index (χ0v) is 23.7. The minimum absolute atomic E-state index is 0.0209. The third kappa shape index (κ3) is 7.29. The Balaban J connectivity index is 2.02. The predicted molar refractivity (Wildman–Crippen MR) is 150 cm³/mol. The van der Waals surface area contributed by atoms with E-state index in [0.717, 1.165) is 7.88 Å². The largest absolute Gasteiger partial charge is 0.352 e. The highest BCUT2D eigenvalue weighted by Crippen LogP contribution is 2.25. The SMILES string of the molecule is CC(C)NC(=O)C(C)N(Cc1ccccc1F)C(=O)CN(c1ccc(I)cc1)S(=O)(=O)c1ccccc1. The van der Waals surface area contributed by atoms with E-state index in [1.54, 1.807) is 62.4 Å². The maximum absolute atomic E-state index is 14.5. The van der Waals surface area contributed by atoms with Gasteiger partial charge in [0.15, 0.2) is 0 Å². The van der Waals surface area contributed by atoms with Crippen LogP contribution in [0.15, 0.2) is 83.8 Å².